The van der Waals surface area contributed by atoms with Gasteiger partial charge in [-0.25, -0.2) is 9.13 Å². The Bertz CT molecular complexity index is 590. The van der Waals surface area contributed by atoms with Crippen molar-refractivity contribution < 1.29 is 4.57 Å². The highest BCUT2D eigenvalue weighted by Gasteiger charge is 2.16. The molecule has 0 spiro atoms. The molecule has 1 rings (SSSR count). The van der Waals surface area contributed by atoms with Crippen LogP contribution in [0.4, 0.5) is 0 Å². The Balaban J connectivity index is 2.10. The fourth-order valence-electron chi connectivity index (χ4n) is 5.97. The number of hydrogen-bond acceptors (Lipinski definition) is 0. The molecular weight excluding hydrogens is 460 g/mol. The molecule has 1 aromatic heterocycles. The van der Waals surface area contributed by atoms with Gasteiger partial charge in [-0.05, 0) is 32.1 Å². The highest BCUT2D eigenvalue weighted by molar-refractivity contribution is 4.84. The third kappa shape index (κ3) is 20.2. The third-order valence-electron chi connectivity index (χ3n) is 8.60. The van der Waals surface area contributed by atoms with E-state index in [4.69, 9.17) is 0 Å². The zero-order chi connectivity index (χ0) is 27.4. The Kier molecular flexibility index (Phi) is 25.7. The first-order chi connectivity index (χ1) is 18.8. The van der Waals surface area contributed by atoms with Crippen LogP contribution in [0.5, 0.6) is 0 Å². The van der Waals surface area contributed by atoms with Crippen LogP contribution in [-0.2, 0) is 19.5 Å². The predicted molar refractivity (Wildman–Crippen MR) is 170 cm³/mol. The molecule has 0 aliphatic rings. The van der Waals surface area contributed by atoms with E-state index in [1.54, 1.807) is 5.82 Å². The van der Waals surface area contributed by atoms with Crippen LogP contribution in [0.25, 0.3) is 0 Å². The van der Waals surface area contributed by atoms with Gasteiger partial charge < -0.3 is 0 Å². The zero-order valence-electron chi connectivity index (χ0n) is 26.8. The molecule has 0 aromatic carbocycles. The van der Waals surface area contributed by atoms with Crippen LogP contribution in [0.15, 0.2) is 12.4 Å². The lowest BCUT2D eigenvalue weighted by molar-refractivity contribution is -0.704. The maximum atomic E-state index is 2.61. The van der Waals surface area contributed by atoms with E-state index in [0.29, 0.717) is 0 Å². The van der Waals surface area contributed by atoms with Crippen molar-refractivity contribution >= 4 is 0 Å². The molecule has 0 saturated carbocycles. The summed E-state index contributed by atoms with van der Waals surface area (Å²) in [6.45, 7) is 9.39. The highest BCUT2D eigenvalue weighted by atomic mass is 15.1. The van der Waals surface area contributed by atoms with Crippen LogP contribution in [0, 0.1) is 0 Å². The van der Waals surface area contributed by atoms with Crippen molar-refractivity contribution in [1.29, 1.82) is 0 Å². The first-order valence-electron chi connectivity index (χ1n) is 17.9. The molecule has 0 bridgehead atoms. The first-order valence-corrected chi connectivity index (χ1v) is 17.9. The van der Waals surface area contributed by atoms with E-state index in [0.717, 1.165) is 0 Å². The van der Waals surface area contributed by atoms with E-state index < -0.39 is 0 Å². The summed E-state index contributed by atoms with van der Waals surface area (Å²) in [6.07, 6.45) is 44.5. The molecular formula is C36H71N2+. The van der Waals surface area contributed by atoms with Crippen molar-refractivity contribution in [3.05, 3.63) is 18.2 Å². The Morgan fingerprint density at radius 1 is 0.447 bits per heavy atom. The van der Waals surface area contributed by atoms with Gasteiger partial charge in [0, 0.05) is 6.42 Å². The smallest absolute Gasteiger partial charge is 0.234 e. The van der Waals surface area contributed by atoms with Crippen molar-refractivity contribution in [2.45, 2.75) is 214 Å². The average molecular weight is 532 g/mol. The topological polar surface area (TPSA) is 8.81 Å². The minimum absolute atomic E-state index is 1.22. The van der Waals surface area contributed by atoms with E-state index in [-0.39, 0.29) is 0 Å². The maximum Gasteiger partial charge on any atom is 0.256 e. The van der Waals surface area contributed by atoms with Crippen LogP contribution in [0.1, 0.15) is 200 Å². The van der Waals surface area contributed by atoms with Gasteiger partial charge in [-0.1, -0.05) is 162 Å². The second-order valence-corrected chi connectivity index (χ2v) is 12.3. The molecule has 0 N–H and O–H groups in total. The monoisotopic (exact) mass is 532 g/mol. The van der Waals surface area contributed by atoms with Crippen molar-refractivity contribution in [2.24, 2.45) is 0 Å². The van der Waals surface area contributed by atoms with Gasteiger partial charge >= 0.3 is 0 Å². The summed E-state index contributed by atoms with van der Waals surface area (Å²) in [5.74, 6) is 1.60. The van der Waals surface area contributed by atoms with Gasteiger partial charge in [-0.3, -0.25) is 0 Å². The Morgan fingerprint density at radius 3 is 1.26 bits per heavy atom. The van der Waals surface area contributed by atoms with Gasteiger partial charge in [-0.15, -0.1) is 0 Å². The number of hydrogen-bond donors (Lipinski definition) is 0. The van der Waals surface area contributed by atoms with E-state index in [2.05, 4.69) is 42.3 Å². The molecule has 0 unspecified atom stereocenters. The number of imidazole rings is 1. The fraction of sp³-hybridized carbons (Fsp3) is 0.917. The molecule has 0 aliphatic heterocycles. The fourth-order valence-corrected chi connectivity index (χ4v) is 5.97. The van der Waals surface area contributed by atoms with Crippen molar-refractivity contribution in [1.82, 2.24) is 4.57 Å². The van der Waals surface area contributed by atoms with Gasteiger partial charge in [0.1, 0.15) is 12.4 Å². The van der Waals surface area contributed by atoms with E-state index in [9.17, 15) is 0 Å². The van der Waals surface area contributed by atoms with E-state index in [1.807, 2.05) is 0 Å². The molecule has 38 heavy (non-hydrogen) atoms. The van der Waals surface area contributed by atoms with Crippen LogP contribution < -0.4 is 4.57 Å². The van der Waals surface area contributed by atoms with Gasteiger partial charge in [0.25, 0.3) is 5.82 Å². The summed E-state index contributed by atoms with van der Waals surface area (Å²) in [6, 6.07) is 0. The number of rotatable bonds is 30. The number of aryl methyl sites for hydroxylation is 2. The first kappa shape index (κ1) is 35.2. The van der Waals surface area contributed by atoms with Crippen LogP contribution in [-0.4, -0.2) is 4.57 Å². The second-order valence-electron chi connectivity index (χ2n) is 12.3. The molecule has 0 fully saturated rings. The van der Waals surface area contributed by atoms with Crippen molar-refractivity contribution in [2.75, 3.05) is 0 Å². The quantitative estimate of drug-likeness (QED) is 0.0689. The summed E-state index contributed by atoms with van der Waals surface area (Å²) >= 11 is 0. The Labute approximate surface area is 240 Å². The van der Waals surface area contributed by atoms with Gasteiger partial charge in [0.15, 0.2) is 0 Å². The van der Waals surface area contributed by atoms with Gasteiger partial charge in [-0.2, -0.15) is 0 Å². The molecule has 224 valence electrons. The largest absolute Gasteiger partial charge is 0.256 e. The summed E-state index contributed by atoms with van der Waals surface area (Å²) in [7, 11) is 0. The lowest BCUT2D eigenvalue weighted by Gasteiger charge is -2.07. The second kappa shape index (κ2) is 27.8. The lowest BCUT2D eigenvalue weighted by Crippen LogP contribution is -2.37. The molecule has 0 saturated heterocycles. The summed E-state index contributed by atoms with van der Waals surface area (Å²) < 4.78 is 5.20. The van der Waals surface area contributed by atoms with Gasteiger partial charge in [0.05, 0.1) is 13.1 Å². The molecule has 0 amide bonds. The maximum absolute atomic E-state index is 2.61. The lowest BCUT2D eigenvalue weighted by atomic mass is 10.0. The van der Waals surface area contributed by atoms with E-state index >= 15 is 0 Å². The molecule has 0 aliphatic carbocycles. The number of nitrogens with zero attached hydrogens (tertiary/aromatic N) is 2. The predicted octanol–water partition coefficient (Wildman–Crippen LogP) is 11.9. The normalized spacial score (nSPS) is 11.6. The molecule has 0 radical (unpaired) electrons. The van der Waals surface area contributed by atoms with Crippen LogP contribution >= 0.6 is 0 Å². The average Bonchev–Trinajstić information content (AvgIpc) is 3.31. The standard InChI is InChI=1S/C36H71N2/c1-4-7-10-13-15-16-17-18-19-20-21-22-23-24-25-27-30-33-38-35-34-37(32-29-26-14-11-8-5-2)36(38)31-28-12-9-6-3/h34-35H,4-33H2,1-3H3/q+1. The third-order valence-corrected chi connectivity index (χ3v) is 8.60. The van der Waals surface area contributed by atoms with Crippen molar-refractivity contribution in [3.8, 4) is 0 Å². The SMILES string of the molecule is CCCCCCCCCCCCCCCCCCC[n+]1ccn(CCCCCCCC)c1CCCCCC. The van der Waals surface area contributed by atoms with Crippen molar-refractivity contribution in [3.63, 3.8) is 0 Å². The molecule has 2 nitrogen and oxygen atoms in total. The molecule has 1 heterocycles. The van der Waals surface area contributed by atoms with Gasteiger partial charge in [0.2, 0.25) is 0 Å². The Hall–Kier alpha value is -0.790. The zero-order valence-corrected chi connectivity index (χ0v) is 26.8. The minimum Gasteiger partial charge on any atom is -0.234 e. The highest BCUT2D eigenvalue weighted by Crippen LogP contribution is 2.15. The Morgan fingerprint density at radius 2 is 0.816 bits per heavy atom. The van der Waals surface area contributed by atoms with Crippen LogP contribution in [0.2, 0.25) is 0 Å². The number of unbranched alkanes of at least 4 members (excludes halogenated alkanes) is 24. The molecule has 2 heteroatoms. The molecule has 1 aromatic rings. The summed E-state index contributed by atoms with van der Waals surface area (Å²) in [5.41, 5.74) is 0. The molecule has 0 atom stereocenters. The van der Waals surface area contributed by atoms with Crippen LogP contribution in [0.3, 0.4) is 0 Å². The summed E-state index contributed by atoms with van der Waals surface area (Å²) in [4.78, 5) is 0. The minimum atomic E-state index is 1.22. The number of aromatic nitrogens is 2. The summed E-state index contributed by atoms with van der Waals surface area (Å²) in [5, 5.41) is 0. The van der Waals surface area contributed by atoms with E-state index in [1.165, 1.54) is 193 Å².